The second-order valence-electron chi connectivity index (χ2n) is 4.29. The highest BCUT2D eigenvalue weighted by molar-refractivity contribution is 9.10. The van der Waals surface area contributed by atoms with E-state index in [0.717, 1.165) is 28.9 Å². The molecule has 0 aliphatic carbocycles. The maximum Gasteiger partial charge on any atom is 0.123 e. The molecular weight excluding hydrogens is 276 g/mol. The van der Waals surface area contributed by atoms with Gasteiger partial charge in [0.05, 0.1) is 10.4 Å². The molecule has 15 heavy (non-hydrogen) atoms. The van der Waals surface area contributed by atoms with Gasteiger partial charge in [-0.2, -0.15) is 0 Å². The lowest BCUT2D eigenvalue weighted by molar-refractivity contribution is -0.0387. The van der Waals surface area contributed by atoms with E-state index in [2.05, 4.69) is 39.8 Å². The number of likely N-dealkylation sites (tertiary alicyclic amines) is 1. The fraction of sp³-hybridized carbons (Fsp3) is 0.700. The summed E-state index contributed by atoms with van der Waals surface area (Å²) in [7, 11) is 2.10. The van der Waals surface area contributed by atoms with Gasteiger partial charge in [0.15, 0.2) is 0 Å². The molecule has 0 bridgehead atoms. The molecular formula is C10H15BrN2OS. The molecule has 0 saturated carbocycles. The van der Waals surface area contributed by atoms with Crippen molar-refractivity contribution in [1.29, 1.82) is 0 Å². The van der Waals surface area contributed by atoms with Gasteiger partial charge in [-0.25, -0.2) is 4.98 Å². The molecule has 2 rings (SSSR count). The van der Waals surface area contributed by atoms with E-state index in [-0.39, 0.29) is 0 Å². The predicted octanol–water partition coefficient (Wildman–Crippen LogP) is 2.21. The maximum atomic E-state index is 10.6. The molecule has 0 spiro atoms. The van der Waals surface area contributed by atoms with Gasteiger partial charge in [0, 0.05) is 12.6 Å². The van der Waals surface area contributed by atoms with E-state index in [1.807, 2.05) is 0 Å². The topological polar surface area (TPSA) is 36.4 Å². The van der Waals surface area contributed by atoms with Crippen LogP contribution in [0.3, 0.4) is 0 Å². The van der Waals surface area contributed by atoms with Crippen molar-refractivity contribution in [2.45, 2.75) is 31.4 Å². The SMILES string of the molecule is CC1CC(O)(c2scnc2Br)CCN1C. The molecule has 3 nitrogen and oxygen atoms in total. The van der Waals surface area contributed by atoms with E-state index in [1.54, 1.807) is 5.51 Å². The Kier molecular flexibility index (Phi) is 3.17. The van der Waals surface area contributed by atoms with Crippen molar-refractivity contribution in [2.24, 2.45) is 0 Å². The standard InChI is InChI=1S/C10H15BrN2OS/c1-7-5-10(14,3-4-13(7)2)8-9(11)12-6-15-8/h6-7,14H,3-5H2,1-2H3. The Morgan fingerprint density at radius 1 is 1.73 bits per heavy atom. The number of aromatic nitrogens is 1. The van der Waals surface area contributed by atoms with Crippen LogP contribution >= 0.6 is 27.3 Å². The first-order valence-corrected chi connectivity index (χ1v) is 6.72. The van der Waals surface area contributed by atoms with E-state index < -0.39 is 5.60 Å². The Morgan fingerprint density at radius 3 is 3.00 bits per heavy atom. The van der Waals surface area contributed by atoms with Gasteiger partial charge in [-0.05, 0) is 42.7 Å². The van der Waals surface area contributed by atoms with Crippen molar-refractivity contribution >= 4 is 27.3 Å². The number of rotatable bonds is 1. The van der Waals surface area contributed by atoms with Crippen LogP contribution in [0.5, 0.6) is 0 Å². The summed E-state index contributed by atoms with van der Waals surface area (Å²) in [6.07, 6.45) is 1.57. The van der Waals surface area contributed by atoms with Gasteiger partial charge in [-0.15, -0.1) is 11.3 Å². The third kappa shape index (κ3) is 2.11. The van der Waals surface area contributed by atoms with Crippen LogP contribution in [0.4, 0.5) is 0 Å². The predicted molar refractivity (Wildman–Crippen MR) is 65.0 cm³/mol. The van der Waals surface area contributed by atoms with Crippen LogP contribution in [0, 0.1) is 0 Å². The summed E-state index contributed by atoms with van der Waals surface area (Å²) >= 11 is 4.93. The highest BCUT2D eigenvalue weighted by Gasteiger charge is 2.39. The smallest absolute Gasteiger partial charge is 0.123 e. The van der Waals surface area contributed by atoms with Crippen molar-refractivity contribution in [3.63, 3.8) is 0 Å². The van der Waals surface area contributed by atoms with Gasteiger partial charge in [0.25, 0.3) is 0 Å². The first-order chi connectivity index (χ1) is 7.03. The van der Waals surface area contributed by atoms with Gasteiger partial charge >= 0.3 is 0 Å². The van der Waals surface area contributed by atoms with Crippen molar-refractivity contribution in [3.8, 4) is 0 Å². The normalized spacial score (nSPS) is 33.2. The maximum absolute atomic E-state index is 10.6. The molecule has 1 fully saturated rings. The molecule has 0 aromatic carbocycles. The van der Waals surface area contributed by atoms with Gasteiger partial charge in [-0.1, -0.05) is 0 Å². The third-order valence-electron chi connectivity index (χ3n) is 3.21. The number of nitrogens with zero attached hydrogens (tertiary/aromatic N) is 2. The molecule has 2 unspecified atom stereocenters. The molecule has 1 aromatic rings. The summed E-state index contributed by atoms with van der Waals surface area (Å²) < 4.78 is 0.798. The largest absolute Gasteiger partial charge is 0.384 e. The van der Waals surface area contributed by atoms with Crippen molar-refractivity contribution < 1.29 is 5.11 Å². The summed E-state index contributed by atoms with van der Waals surface area (Å²) in [5.74, 6) is 0. The fourth-order valence-corrected chi connectivity index (χ4v) is 3.77. The highest BCUT2D eigenvalue weighted by atomic mass is 79.9. The van der Waals surface area contributed by atoms with Crippen LogP contribution in [0.15, 0.2) is 10.1 Å². The number of piperidine rings is 1. The highest BCUT2D eigenvalue weighted by Crippen LogP contribution is 2.40. The van der Waals surface area contributed by atoms with Crippen LogP contribution in [-0.2, 0) is 5.60 Å². The van der Waals surface area contributed by atoms with Crippen molar-refractivity contribution in [3.05, 3.63) is 15.0 Å². The van der Waals surface area contributed by atoms with E-state index in [0.29, 0.717) is 6.04 Å². The molecule has 0 amide bonds. The third-order valence-corrected chi connectivity index (χ3v) is 5.09. The molecule has 1 aromatic heterocycles. The van der Waals surface area contributed by atoms with E-state index >= 15 is 0 Å². The summed E-state index contributed by atoms with van der Waals surface area (Å²) in [4.78, 5) is 7.40. The van der Waals surface area contributed by atoms with Crippen LogP contribution in [-0.4, -0.2) is 34.6 Å². The van der Waals surface area contributed by atoms with Crippen molar-refractivity contribution in [2.75, 3.05) is 13.6 Å². The minimum atomic E-state index is -0.689. The molecule has 1 N–H and O–H groups in total. The molecule has 5 heteroatoms. The minimum absolute atomic E-state index is 0.415. The monoisotopic (exact) mass is 290 g/mol. The summed E-state index contributed by atoms with van der Waals surface area (Å²) in [5.41, 5.74) is 1.09. The second kappa shape index (κ2) is 4.13. The van der Waals surface area contributed by atoms with Gasteiger partial charge in [-0.3, -0.25) is 0 Å². The van der Waals surface area contributed by atoms with Crippen LogP contribution < -0.4 is 0 Å². The molecule has 1 aliphatic heterocycles. The van der Waals surface area contributed by atoms with Gasteiger partial charge in [0.2, 0.25) is 0 Å². The molecule has 2 heterocycles. The van der Waals surface area contributed by atoms with Crippen LogP contribution in [0.2, 0.25) is 0 Å². The number of aliphatic hydroxyl groups is 1. The zero-order chi connectivity index (χ0) is 11.1. The lowest BCUT2D eigenvalue weighted by atomic mass is 9.86. The molecule has 1 aliphatic rings. The van der Waals surface area contributed by atoms with E-state index in [4.69, 9.17) is 0 Å². The Hall–Kier alpha value is 0.0300. The van der Waals surface area contributed by atoms with Crippen LogP contribution in [0.25, 0.3) is 0 Å². The summed E-state index contributed by atoms with van der Waals surface area (Å²) in [6.45, 7) is 3.08. The minimum Gasteiger partial charge on any atom is -0.384 e. The first kappa shape index (κ1) is 11.5. The van der Waals surface area contributed by atoms with Crippen LogP contribution in [0.1, 0.15) is 24.6 Å². The van der Waals surface area contributed by atoms with E-state index in [9.17, 15) is 5.11 Å². The zero-order valence-electron chi connectivity index (χ0n) is 8.90. The van der Waals surface area contributed by atoms with Gasteiger partial charge in [0.1, 0.15) is 10.2 Å². The Labute approximate surface area is 102 Å². The number of halogens is 1. The Bertz CT molecular complexity index is 357. The lowest BCUT2D eigenvalue weighted by Crippen LogP contribution is -2.45. The number of hydrogen-bond donors (Lipinski definition) is 1. The average Bonchev–Trinajstić information content (AvgIpc) is 2.59. The molecule has 0 radical (unpaired) electrons. The zero-order valence-corrected chi connectivity index (χ0v) is 11.3. The fourth-order valence-electron chi connectivity index (χ4n) is 2.07. The Morgan fingerprint density at radius 2 is 2.47 bits per heavy atom. The first-order valence-electron chi connectivity index (χ1n) is 5.05. The number of thiazole rings is 1. The van der Waals surface area contributed by atoms with E-state index in [1.165, 1.54) is 11.3 Å². The lowest BCUT2D eigenvalue weighted by Gasteiger charge is -2.40. The summed E-state index contributed by atoms with van der Waals surface area (Å²) in [6, 6.07) is 0.415. The van der Waals surface area contributed by atoms with Crippen molar-refractivity contribution in [1.82, 2.24) is 9.88 Å². The average molecular weight is 291 g/mol. The Balaban J connectivity index is 2.25. The summed E-state index contributed by atoms with van der Waals surface area (Å²) in [5, 5.41) is 10.6. The van der Waals surface area contributed by atoms with Gasteiger partial charge < -0.3 is 10.0 Å². The number of hydrogen-bond acceptors (Lipinski definition) is 4. The molecule has 2 atom stereocenters. The molecule has 1 saturated heterocycles. The quantitative estimate of drug-likeness (QED) is 0.862. The second-order valence-corrected chi connectivity index (χ2v) is 5.89. The molecule has 84 valence electrons.